The van der Waals surface area contributed by atoms with Gasteiger partial charge in [0.05, 0.1) is 6.54 Å². The second-order valence-electron chi connectivity index (χ2n) is 7.67. The number of hydrogen-bond acceptors (Lipinski definition) is 1. The van der Waals surface area contributed by atoms with Gasteiger partial charge in [0.1, 0.15) is 0 Å². The third-order valence-electron chi connectivity index (χ3n) is 4.86. The molecule has 0 aromatic carbocycles. The molecule has 0 saturated heterocycles. The Morgan fingerprint density at radius 1 is 0.806 bits per heavy atom. The number of halogens is 12. The van der Waals surface area contributed by atoms with Crippen LogP contribution in [0.25, 0.3) is 0 Å². The summed E-state index contributed by atoms with van der Waals surface area (Å²) in [5, 5.41) is 0. The zero-order chi connectivity index (χ0) is 25.3. The van der Waals surface area contributed by atoms with Crippen LogP contribution in [0.5, 0.6) is 0 Å². The summed E-state index contributed by atoms with van der Waals surface area (Å²) >= 11 is 0. The van der Waals surface area contributed by atoms with Gasteiger partial charge in [-0.2, -0.15) is 43.9 Å². The van der Waals surface area contributed by atoms with Crippen LogP contribution in [-0.4, -0.2) is 59.9 Å². The average Bonchev–Trinajstić information content (AvgIpc) is 2.63. The van der Waals surface area contributed by atoms with Crippen molar-refractivity contribution in [1.29, 1.82) is 0 Å². The van der Waals surface area contributed by atoms with Crippen LogP contribution in [0.2, 0.25) is 0 Å². The minimum Gasteiger partial charge on any atom is -0.336 e. The zero-order valence-electron chi connectivity index (χ0n) is 17.0. The van der Waals surface area contributed by atoms with Gasteiger partial charge in [-0.15, -0.1) is 0 Å². The molecule has 0 heterocycles. The molecule has 0 saturated carbocycles. The Morgan fingerprint density at radius 2 is 1.26 bits per heavy atom. The van der Waals surface area contributed by atoms with E-state index >= 15 is 0 Å². The number of alkyl halides is 12. The fraction of sp³-hybridized carbons (Fsp3) is 0.941. The molecule has 14 heteroatoms. The Hall–Kier alpha value is -1.37. The van der Waals surface area contributed by atoms with Gasteiger partial charge < -0.3 is 4.90 Å². The predicted molar refractivity (Wildman–Crippen MR) is 86.3 cm³/mol. The summed E-state index contributed by atoms with van der Waals surface area (Å²) in [7, 11) is 0. The number of hydrogen-bond donors (Lipinski definition) is 0. The zero-order valence-corrected chi connectivity index (χ0v) is 17.0. The van der Waals surface area contributed by atoms with Gasteiger partial charge in [0.25, 0.3) is 0 Å². The highest BCUT2D eigenvalue weighted by atomic mass is 19.4. The number of rotatable bonds is 12. The minimum atomic E-state index is -7.59. The fourth-order valence-corrected chi connectivity index (χ4v) is 2.29. The minimum absolute atomic E-state index is 0.00867. The summed E-state index contributed by atoms with van der Waals surface area (Å²) in [6.45, 7) is 2.19. The lowest BCUT2D eigenvalue weighted by atomic mass is 9.87. The molecular formula is C17H23F12NO. The van der Waals surface area contributed by atoms with Crippen molar-refractivity contribution in [3.8, 4) is 0 Å². The molecule has 186 valence electrons. The van der Waals surface area contributed by atoms with Crippen molar-refractivity contribution in [2.45, 2.75) is 83.0 Å². The highest BCUT2D eigenvalue weighted by Gasteiger charge is 2.87. The first-order chi connectivity index (χ1) is 13.6. The van der Waals surface area contributed by atoms with E-state index in [1.165, 1.54) is 27.7 Å². The van der Waals surface area contributed by atoms with E-state index in [1.54, 1.807) is 0 Å². The Labute approximate surface area is 170 Å². The maximum Gasteiger partial charge on any atom is 0.384 e. The fourth-order valence-electron chi connectivity index (χ4n) is 2.29. The SMILES string of the molecule is CCCCN(CC(F)(F)C(F)(F)C(F)(F)C(F)(F)C(F)(F)C(F)F)C(=O)C(C)(C)CC. The Morgan fingerprint density at radius 3 is 1.61 bits per heavy atom. The summed E-state index contributed by atoms with van der Waals surface area (Å²) in [5.41, 5.74) is -1.44. The Balaban J connectivity index is 6.26. The number of amides is 1. The molecule has 0 aliphatic rings. The smallest absolute Gasteiger partial charge is 0.336 e. The number of unbranched alkanes of at least 4 members (excludes halogenated alkanes) is 1. The van der Waals surface area contributed by atoms with Gasteiger partial charge in [0, 0.05) is 12.0 Å². The summed E-state index contributed by atoms with van der Waals surface area (Å²) in [4.78, 5) is 12.4. The lowest BCUT2D eigenvalue weighted by molar-refractivity contribution is -0.413. The molecule has 0 spiro atoms. The van der Waals surface area contributed by atoms with E-state index in [0.717, 1.165) is 0 Å². The second kappa shape index (κ2) is 9.24. The molecule has 0 N–H and O–H groups in total. The van der Waals surface area contributed by atoms with Gasteiger partial charge in [-0.1, -0.05) is 34.1 Å². The molecule has 0 rings (SSSR count). The molecule has 0 aliphatic heterocycles. The van der Waals surface area contributed by atoms with Crippen molar-refractivity contribution in [2.75, 3.05) is 13.1 Å². The van der Waals surface area contributed by atoms with Crippen molar-refractivity contribution in [3.05, 3.63) is 0 Å². The maximum atomic E-state index is 14.2. The molecular weight excluding hydrogens is 462 g/mol. The van der Waals surface area contributed by atoms with Gasteiger partial charge in [-0.3, -0.25) is 4.79 Å². The lowest BCUT2D eigenvalue weighted by Gasteiger charge is -2.41. The summed E-state index contributed by atoms with van der Waals surface area (Å²) in [6, 6.07) is 0. The van der Waals surface area contributed by atoms with Gasteiger partial charge >= 0.3 is 36.0 Å². The van der Waals surface area contributed by atoms with Crippen LogP contribution in [0.4, 0.5) is 52.7 Å². The van der Waals surface area contributed by atoms with Gasteiger partial charge in [-0.25, -0.2) is 8.78 Å². The van der Waals surface area contributed by atoms with Crippen LogP contribution < -0.4 is 0 Å². The van der Waals surface area contributed by atoms with Crippen molar-refractivity contribution in [1.82, 2.24) is 4.90 Å². The topological polar surface area (TPSA) is 20.3 Å². The normalized spacial score (nSPS) is 14.9. The van der Waals surface area contributed by atoms with Crippen LogP contribution >= 0.6 is 0 Å². The monoisotopic (exact) mass is 485 g/mol. The Bertz CT molecular complexity index is 618. The van der Waals surface area contributed by atoms with Crippen LogP contribution in [0, 0.1) is 5.41 Å². The third-order valence-corrected chi connectivity index (χ3v) is 4.86. The standard InChI is InChI=1S/C17H23F12NO/c1-5-7-8-30(11(31)12(3,4)6-2)9-13(20,21)15(24,25)17(28,29)16(26,27)14(22,23)10(18)19/h10H,5-9H2,1-4H3. The van der Waals surface area contributed by atoms with Gasteiger partial charge in [0.15, 0.2) is 0 Å². The molecule has 0 unspecified atom stereocenters. The molecule has 0 bridgehead atoms. The predicted octanol–water partition coefficient (Wildman–Crippen LogP) is 6.49. The molecule has 31 heavy (non-hydrogen) atoms. The first-order valence-corrected chi connectivity index (χ1v) is 9.05. The molecule has 0 atom stereocenters. The number of carbonyl (C=O) groups excluding carboxylic acids is 1. The first-order valence-electron chi connectivity index (χ1n) is 9.05. The van der Waals surface area contributed by atoms with E-state index in [4.69, 9.17) is 0 Å². The lowest BCUT2D eigenvalue weighted by Crippen LogP contribution is -2.70. The van der Waals surface area contributed by atoms with E-state index in [9.17, 15) is 57.5 Å². The third kappa shape index (κ3) is 5.18. The van der Waals surface area contributed by atoms with E-state index in [-0.39, 0.29) is 24.2 Å². The van der Waals surface area contributed by atoms with E-state index in [0.29, 0.717) is 0 Å². The number of nitrogens with zero attached hydrogens (tertiary/aromatic N) is 1. The quantitative estimate of drug-likeness (QED) is 0.289. The van der Waals surface area contributed by atoms with Crippen molar-refractivity contribution in [3.63, 3.8) is 0 Å². The van der Waals surface area contributed by atoms with Crippen molar-refractivity contribution in [2.24, 2.45) is 5.41 Å². The molecule has 0 aliphatic carbocycles. The average molecular weight is 485 g/mol. The van der Waals surface area contributed by atoms with Crippen LogP contribution in [-0.2, 0) is 4.79 Å². The molecule has 1 amide bonds. The van der Waals surface area contributed by atoms with Crippen LogP contribution in [0.3, 0.4) is 0 Å². The largest absolute Gasteiger partial charge is 0.384 e. The van der Waals surface area contributed by atoms with E-state index < -0.39 is 60.4 Å². The molecule has 0 aromatic rings. The van der Waals surface area contributed by atoms with Crippen molar-refractivity contribution < 1.29 is 57.5 Å². The Kier molecular flexibility index (Phi) is 8.83. The maximum absolute atomic E-state index is 14.2. The summed E-state index contributed by atoms with van der Waals surface area (Å²) in [5.74, 6) is -36.8. The van der Waals surface area contributed by atoms with E-state index in [2.05, 4.69) is 0 Å². The van der Waals surface area contributed by atoms with Crippen LogP contribution in [0.1, 0.15) is 47.0 Å². The molecule has 2 nitrogen and oxygen atoms in total. The highest BCUT2D eigenvalue weighted by Crippen LogP contribution is 2.58. The van der Waals surface area contributed by atoms with Crippen molar-refractivity contribution >= 4 is 5.91 Å². The highest BCUT2D eigenvalue weighted by molar-refractivity contribution is 5.82. The molecule has 0 radical (unpaired) electrons. The number of carbonyl (C=O) groups is 1. The first kappa shape index (κ1) is 29.6. The second-order valence-corrected chi connectivity index (χ2v) is 7.67. The van der Waals surface area contributed by atoms with E-state index in [1.807, 2.05) is 0 Å². The van der Waals surface area contributed by atoms with Gasteiger partial charge in [0.2, 0.25) is 5.91 Å². The molecule has 0 aromatic heterocycles. The summed E-state index contributed by atoms with van der Waals surface area (Å²) < 4.78 is 160. The summed E-state index contributed by atoms with van der Waals surface area (Å²) in [6.07, 6.45) is -5.40. The van der Waals surface area contributed by atoms with Gasteiger partial charge in [-0.05, 0) is 12.8 Å². The molecule has 0 fully saturated rings. The van der Waals surface area contributed by atoms with Crippen LogP contribution in [0.15, 0.2) is 0 Å².